The van der Waals surface area contributed by atoms with Crippen LogP contribution in [-0.4, -0.2) is 69.4 Å². The summed E-state index contributed by atoms with van der Waals surface area (Å²) in [5, 5.41) is -0.425. The minimum Gasteiger partial charge on any atom is -0.489 e. The number of nitrogens with zero attached hydrogens (tertiary/aromatic N) is 6. The van der Waals surface area contributed by atoms with Gasteiger partial charge in [0.25, 0.3) is 0 Å². The lowest BCUT2D eigenvalue weighted by Crippen LogP contribution is -2.43. The van der Waals surface area contributed by atoms with Gasteiger partial charge in [0.2, 0.25) is 0 Å². The number of anilines is 3. The van der Waals surface area contributed by atoms with Crippen LogP contribution in [0.2, 0.25) is 5.02 Å². The van der Waals surface area contributed by atoms with Crippen molar-refractivity contribution in [2.45, 2.75) is 50.1 Å². The highest BCUT2D eigenvalue weighted by molar-refractivity contribution is 6.36. The molecular formula is C31H30ClF5N8O2. The van der Waals surface area contributed by atoms with Gasteiger partial charge in [0.1, 0.15) is 42.4 Å². The second-order valence-electron chi connectivity index (χ2n) is 12.1. The summed E-state index contributed by atoms with van der Waals surface area (Å²) in [6.07, 6.45) is -2.55. The summed E-state index contributed by atoms with van der Waals surface area (Å²) in [5.74, 6) is -1.17. The van der Waals surface area contributed by atoms with Crippen LogP contribution in [0.1, 0.15) is 43.4 Å². The highest BCUT2D eigenvalue weighted by Gasteiger charge is 2.49. The van der Waals surface area contributed by atoms with Gasteiger partial charge in [-0.3, -0.25) is 4.90 Å². The maximum Gasteiger partial charge on any atom is 0.418 e. The smallest absolute Gasteiger partial charge is 0.418 e. The lowest BCUT2D eigenvalue weighted by molar-refractivity contribution is -0.137. The lowest BCUT2D eigenvalue weighted by Gasteiger charge is -2.32. The van der Waals surface area contributed by atoms with Crippen LogP contribution in [0, 0.1) is 5.82 Å². The van der Waals surface area contributed by atoms with E-state index < -0.39 is 57.1 Å². The van der Waals surface area contributed by atoms with Gasteiger partial charge in [-0.15, -0.1) is 0 Å². The van der Waals surface area contributed by atoms with E-state index in [0.29, 0.717) is 18.1 Å². The molecule has 0 radical (unpaired) electrons. The molecule has 3 aromatic heterocycles. The number of rotatable bonds is 6. The monoisotopic (exact) mass is 676 g/mol. The first-order valence-corrected chi connectivity index (χ1v) is 15.4. The summed E-state index contributed by atoms with van der Waals surface area (Å²) in [5.41, 5.74) is 8.91. The van der Waals surface area contributed by atoms with Crippen LogP contribution < -0.4 is 25.8 Å². The minimum absolute atomic E-state index is 0.0105. The van der Waals surface area contributed by atoms with Crippen LogP contribution in [0.15, 0.2) is 30.5 Å². The minimum atomic E-state index is -4.92. The Morgan fingerprint density at radius 1 is 1.17 bits per heavy atom. The Labute approximate surface area is 270 Å². The fourth-order valence-corrected chi connectivity index (χ4v) is 7.39. The van der Waals surface area contributed by atoms with Crippen molar-refractivity contribution in [1.29, 1.82) is 0 Å². The maximum atomic E-state index is 16.8. The fourth-order valence-electron chi connectivity index (χ4n) is 7.07. The molecule has 0 amide bonds. The number of fused-ring (bicyclic) bond motifs is 1. The Kier molecular flexibility index (Phi) is 7.66. The van der Waals surface area contributed by atoms with Crippen molar-refractivity contribution in [3.8, 4) is 23.0 Å². The van der Waals surface area contributed by atoms with Crippen molar-refractivity contribution in [2.24, 2.45) is 0 Å². The molecule has 0 spiro atoms. The van der Waals surface area contributed by atoms with Crippen molar-refractivity contribution in [3.63, 3.8) is 0 Å². The van der Waals surface area contributed by atoms with E-state index >= 15 is 4.39 Å². The zero-order valence-corrected chi connectivity index (χ0v) is 25.9. The zero-order valence-electron chi connectivity index (χ0n) is 25.1. The van der Waals surface area contributed by atoms with Crippen molar-refractivity contribution >= 4 is 40.0 Å². The number of nitrogens with two attached hydrogens (primary N) is 2. The van der Waals surface area contributed by atoms with Crippen molar-refractivity contribution in [1.82, 2.24) is 24.8 Å². The van der Waals surface area contributed by atoms with Gasteiger partial charge in [0.05, 0.1) is 45.4 Å². The van der Waals surface area contributed by atoms with Gasteiger partial charge in [-0.2, -0.15) is 23.1 Å². The second kappa shape index (κ2) is 11.5. The number of benzene rings is 1. The average molecular weight is 677 g/mol. The van der Waals surface area contributed by atoms with Gasteiger partial charge in [0.15, 0.2) is 11.6 Å². The summed E-state index contributed by atoms with van der Waals surface area (Å²) < 4.78 is 86.0. The van der Waals surface area contributed by atoms with Crippen LogP contribution in [0.3, 0.4) is 0 Å². The third-order valence-electron chi connectivity index (χ3n) is 9.27. The molecule has 0 saturated carbocycles. The number of hydrogen-bond acceptors (Lipinski definition) is 10. The molecule has 10 nitrogen and oxygen atoms in total. The van der Waals surface area contributed by atoms with E-state index in [2.05, 4.69) is 15.0 Å². The predicted octanol–water partition coefficient (Wildman–Crippen LogP) is 5.98. The van der Waals surface area contributed by atoms with Crippen molar-refractivity contribution in [3.05, 3.63) is 52.4 Å². The third kappa shape index (κ3) is 5.29. The van der Waals surface area contributed by atoms with Crippen molar-refractivity contribution in [2.75, 3.05) is 49.2 Å². The Balaban J connectivity index is 1.44. The van der Waals surface area contributed by atoms with Crippen LogP contribution in [-0.2, 0) is 6.18 Å². The summed E-state index contributed by atoms with van der Waals surface area (Å²) in [6.45, 7) is 3.07. The molecule has 3 atom stereocenters. The van der Waals surface area contributed by atoms with Crippen LogP contribution >= 0.6 is 11.6 Å². The number of halogens is 6. The van der Waals surface area contributed by atoms with E-state index in [1.807, 2.05) is 11.8 Å². The molecule has 248 valence electrons. The molecule has 0 aliphatic carbocycles. The number of hydrogen-bond donors (Lipinski definition) is 2. The highest BCUT2D eigenvalue weighted by atomic mass is 35.5. The molecule has 7 rings (SSSR count). The largest absolute Gasteiger partial charge is 0.489 e. The van der Waals surface area contributed by atoms with Gasteiger partial charge in [0, 0.05) is 24.7 Å². The number of aromatic nitrogens is 4. The molecule has 4 aromatic rings. The molecule has 0 bridgehead atoms. The Morgan fingerprint density at radius 3 is 2.74 bits per heavy atom. The quantitative estimate of drug-likeness (QED) is 0.236. The summed E-state index contributed by atoms with van der Waals surface area (Å²) in [7, 11) is 0. The fraction of sp³-hybridized carbons (Fsp3) is 0.419. The summed E-state index contributed by atoms with van der Waals surface area (Å²) in [4.78, 5) is 20.9. The number of pyridine rings is 2. The summed E-state index contributed by atoms with van der Waals surface area (Å²) >= 11 is 6.72. The molecule has 3 aliphatic rings. The molecular weight excluding hydrogens is 647 g/mol. The first kappa shape index (κ1) is 31.4. The Bertz CT molecular complexity index is 1880. The van der Waals surface area contributed by atoms with Gasteiger partial charge in [-0.25, -0.2) is 18.7 Å². The Morgan fingerprint density at radius 2 is 1.98 bits per heavy atom. The van der Waals surface area contributed by atoms with Crippen molar-refractivity contribution < 1.29 is 31.4 Å². The molecule has 1 aromatic carbocycles. The maximum absolute atomic E-state index is 16.8. The lowest BCUT2D eigenvalue weighted by atomic mass is 9.95. The SMILES string of the molecule is C[C@H](c1cccnc1N)N1CCOc2c(Cl)c(-c3nc(N)ccc3C(F)(F)F)c(F)c3nc(OC[C@@]45CCCN4C[C@H](F)C5)nc1c23. The van der Waals surface area contributed by atoms with E-state index in [9.17, 15) is 17.6 Å². The van der Waals surface area contributed by atoms with E-state index in [1.54, 1.807) is 23.2 Å². The topological polar surface area (TPSA) is 129 Å². The van der Waals surface area contributed by atoms with Crippen LogP contribution in [0.4, 0.5) is 39.4 Å². The molecule has 6 heterocycles. The standard InChI is InChI=1S/C31H30ClF5N8O2/c1-15(17-4-2-8-40-27(17)39)45-10-11-46-26-21-25(23(34)20(22(26)32)24-18(31(35,36)37)5-6-19(38)41-24)42-29(43-28(21)45)47-14-30-7-3-9-44(30)13-16(33)12-30/h2,4-6,8,15-16H,3,7,9-14H2,1H3,(H2,38,41)(H2,39,40)/t15-,16-,30+/m1/s1. The van der Waals surface area contributed by atoms with Crippen LogP contribution in [0.5, 0.6) is 11.8 Å². The first-order valence-electron chi connectivity index (χ1n) is 15.1. The van der Waals surface area contributed by atoms with Gasteiger partial charge >= 0.3 is 12.2 Å². The number of alkyl halides is 4. The number of nitrogen functional groups attached to an aromatic ring is 2. The highest BCUT2D eigenvalue weighted by Crippen LogP contribution is 2.50. The van der Waals surface area contributed by atoms with Gasteiger partial charge in [-0.1, -0.05) is 17.7 Å². The van der Waals surface area contributed by atoms with E-state index in [4.69, 9.17) is 37.5 Å². The number of ether oxygens (including phenoxy) is 2. The molecule has 0 unspecified atom stereocenters. The zero-order chi connectivity index (χ0) is 33.2. The van der Waals surface area contributed by atoms with E-state index in [1.165, 1.54) is 0 Å². The van der Waals surface area contributed by atoms with Crippen LogP contribution in [0.25, 0.3) is 22.2 Å². The molecule has 2 saturated heterocycles. The molecule has 2 fully saturated rings. The molecule has 3 aliphatic heterocycles. The predicted molar refractivity (Wildman–Crippen MR) is 166 cm³/mol. The normalized spacial score (nSPS) is 21.9. The average Bonchev–Trinajstić information content (AvgIpc) is 3.47. The second-order valence-corrected chi connectivity index (χ2v) is 12.5. The van der Waals surface area contributed by atoms with E-state index in [0.717, 1.165) is 19.0 Å². The molecule has 47 heavy (non-hydrogen) atoms. The molecule has 4 N–H and O–H groups in total. The Hall–Kier alpha value is -4.24. The first-order chi connectivity index (χ1) is 22.4. The van der Waals surface area contributed by atoms with Gasteiger partial charge < -0.3 is 25.8 Å². The van der Waals surface area contributed by atoms with E-state index in [-0.39, 0.29) is 67.3 Å². The third-order valence-corrected chi connectivity index (χ3v) is 9.63. The molecule has 16 heteroatoms. The summed E-state index contributed by atoms with van der Waals surface area (Å²) in [6, 6.07) is 4.47. The van der Waals surface area contributed by atoms with Gasteiger partial charge in [-0.05, 0) is 44.5 Å².